The summed E-state index contributed by atoms with van der Waals surface area (Å²) in [6.45, 7) is 3.20. The van der Waals surface area contributed by atoms with Gasteiger partial charge in [-0.05, 0) is 59.5 Å². The first-order valence-corrected chi connectivity index (χ1v) is 8.52. The Kier molecular flexibility index (Phi) is 6.58. The van der Waals surface area contributed by atoms with Crippen LogP contribution in [0.2, 0.25) is 0 Å². The van der Waals surface area contributed by atoms with E-state index in [1.54, 1.807) is 0 Å². The molecule has 112 valence electrons. The Labute approximate surface area is 135 Å². The zero-order valence-electron chi connectivity index (χ0n) is 12.0. The molecule has 3 nitrogen and oxygen atoms in total. The fourth-order valence-electron chi connectivity index (χ4n) is 2.66. The molecule has 0 amide bonds. The molecule has 3 atom stereocenters. The quantitative estimate of drug-likeness (QED) is 0.730. The summed E-state index contributed by atoms with van der Waals surface area (Å²) in [5.41, 5.74) is 1.04. The molecule has 0 aromatic heterocycles. The van der Waals surface area contributed by atoms with Crippen molar-refractivity contribution in [2.24, 2.45) is 5.92 Å². The summed E-state index contributed by atoms with van der Waals surface area (Å²) in [6.07, 6.45) is 4.83. The molecule has 4 heteroatoms. The standard InChI is InChI=1S/C16H24INO2/c1-12-5-2-3-8-16(12)20-11-15(19)10-18-14-7-4-6-13(17)9-14/h4,6-7,9,12,15-16,18-19H,2-3,5,8,10-11H2,1H3. The lowest BCUT2D eigenvalue weighted by molar-refractivity contribution is -0.0424. The number of rotatable bonds is 6. The summed E-state index contributed by atoms with van der Waals surface area (Å²) >= 11 is 2.28. The molecule has 0 spiro atoms. The van der Waals surface area contributed by atoms with Gasteiger partial charge in [-0.15, -0.1) is 0 Å². The average Bonchev–Trinajstić information content (AvgIpc) is 2.44. The van der Waals surface area contributed by atoms with Crippen molar-refractivity contribution < 1.29 is 9.84 Å². The van der Waals surface area contributed by atoms with Crippen molar-refractivity contribution in [1.29, 1.82) is 0 Å². The van der Waals surface area contributed by atoms with Gasteiger partial charge >= 0.3 is 0 Å². The number of benzene rings is 1. The van der Waals surface area contributed by atoms with E-state index in [0.717, 1.165) is 12.1 Å². The number of aliphatic hydroxyl groups is 1. The Morgan fingerprint density at radius 3 is 2.95 bits per heavy atom. The van der Waals surface area contributed by atoms with Crippen LogP contribution >= 0.6 is 22.6 Å². The first kappa shape index (κ1) is 16.0. The highest BCUT2D eigenvalue weighted by atomic mass is 127. The Hall–Kier alpha value is -0.330. The lowest BCUT2D eigenvalue weighted by Gasteiger charge is -2.29. The van der Waals surface area contributed by atoms with Gasteiger partial charge in [-0.2, -0.15) is 0 Å². The molecular weight excluding hydrogens is 365 g/mol. The Morgan fingerprint density at radius 2 is 2.20 bits per heavy atom. The summed E-state index contributed by atoms with van der Waals surface area (Å²) in [7, 11) is 0. The minimum absolute atomic E-state index is 0.330. The maximum Gasteiger partial charge on any atom is 0.0945 e. The van der Waals surface area contributed by atoms with Gasteiger partial charge in [0, 0.05) is 15.8 Å². The monoisotopic (exact) mass is 389 g/mol. The predicted octanol–water partition coefficient (Wildman–Crippen LogP) is 3.66. The third kappa shape index (κ3) is 5.22. The minimum Gasteiger partial charge on any atom is -0.389 e. The second-order valence-corrected chi connectivity index (χ2v) is 6.92. The van der Waals surface area contributed by atoms with Gasteiger partial charge in [-0.3, -0.25) is 0 Å². The van der Waals surface area contributed by atoms with E-state index >= 15 is 0 Å². The second kappa shape index (κ2) is 8.20. The molecule has 0 bridgehead atoms. The highest BCUT2D eigenvalue weighted by Crippen LogP contribution is 2.26. The van der Waals surface area contributed by atoms with E-state index in [1.807, 2.05) is 12.1 Å². The van der Waals surface area contributed by atoms with Crippen molar-refractivity contribution in [3.63, 3.8) is 0 Å². The maximum absolute atomic E-state index is 10.0. The van der Waals surface area contributed by atoms with Crippen molar-refractivity contribution in [2.75, 3.05) is 18.5 Å². The average molecular weight is 389 g/mol. The first-order chi connectivity index (χ1) is 9.65. The van der Waals surface area contributed by atoms with E-state index in [9.17, 15) is 5.11 Å². The topological polar surface area (TPSA) is 41.5 Å². The lowest BCUT2D eigenvalue weighted by Crippen LogP contribution is -2.32. The van der Waals surface area contributed by atoms with Crippen LogP contribution in [0.3, 0.4) is 0 Å². The van der Waals surface area contributed by atoms with Gasteiger partial charge in [-0.1, -0.05) is 25.8 Å². The molecular formula is C16H24INO2. The number of nitrogens with one attached hydrogen (secondary N) is 1. The molecule has 1 fully saturated rings. The maximum atomic E-state index is 10.0. The molecule has 1 aliphatic rings. The van der Waals surface area contributed by atoms with Gasteiger partial charge < -0.3 is 15.2 Å². The highest BCUT2D eigenvalue weighted by Gasteiger charge is 2.22. The molecule has 0 radical (unpaired) electrons. The van der Waals surface area contributed by atoms with Gasteiger partial charge in [0.25, 0.3) is 0 Å². The van der Waals surface area contributed by atoms with Crippen LogP contribution in [-0.4, -0.2) is 30.5 Å². The molecule has 1 aromatic carbocycles. The number of ether oxygens (including phenoxy) is 1. The Balaban J connectivity index is 1.68. The summed E-state index contributed by atoms with van der Waals surface area (Å²) < 4.78 is 7.07. The van der Waals surface area contributed by atoms with Crippen molar-refractivity contribution >= 4 is 28.3 Å². The first-order valence-electron chi connectivity index (χ1n) is 7.44. The van der Waals surface area contributed by atoms with Crippen LogP contribution in [-0.2, 0) is 4.74 Å². The zero-order valence-corrected chi connectivity index (χ0v) is 14.2. The molecule has 0 aliphatic heterocycles. The van der Waals surface area contributed by atoms with Crippen LogP contribution in [0.25, 0.3) is 0 Å². The fourth-order valence-corrected chi connectivity index (χ4v) is 3.20. The predicted molar refractivity (Wildman–Crippen MR) is 91.0 cm³/mol. The fraction of sp³-hybridized carbons (Fsp3) is 0.625. The van der Waals surface area contributed by atoms with Crippen molar-refractivity contribution in [1.82, 2.24) is 0 Å². The molecule has 1 aliphatic carbocycles. The van der Waals surface area contributed by atoms with Crippen LogP contribution in [0, 0.1) is 9.49 Å². The molecule has 0 heterocycles. The zero-order chi connectivity index (χ0) is 14.4. The van der Waals surface area contributed by atoms with Crippen molar-refractivity contribution in [3.05, 3.63) is 27.8 Å². The van der Waals surface area contributed by atoms with E-state index < -0.39 is 6.10 Å². The second-order valence-electron chi connectivity index (χ2n) is 5.68. The normalized spacial score (nSPS) is 24.4. The summed E-state index contributed by atoms with van der Waals surface area (Å²) in [6, 6.07) is 8.14. The van der Waals surface area contributed by atoms with Crippen LogP contribution in [0.4, 0.5) is 5.69 Å². The number of hydrogen-bond acceptors (Lipinski definition) is 3. The minimum atomic E-state index is -0.456. The Bertz CT molecular complexity index is 413. The summed E-state index contributed by atoms with van der Waals surface area (Å²) in [5, 5.41) is 13.3. The van der Waals surface area contributed by atoms with Gasteiger partial charge in [0.1, 0.15) is 0 Å². The summed E-state index contributed by atoms with van der Waals surface area (Å²) in [4.78, 5) is 0. The van der Waals surface area contributed by atoms with Crippen LogP contribution in [0.1, 0.15) is 32.6 Å². The van der Waals surface area contributed by atoms with Gasteiger partial charge in [0.2, 0.25) is 0 Å². The number of aliphatic hydroxyl groups excluding tert-OH is 1. The van der Waals surface area contributed by atoms with Gasteiger partial charge in [-0.25, -0.2) is 0 Å². The lowest BCUT2D eigenvalue weighted by atomic mass is 9.88. The number of anilines is 1. The van der Waals surface area contributed by atoms with E-state index in [4.69, 9.17) is 4.74 Å². The smallest absolute Gasteiger partial charge is 0.0945 e. The number of halogens is 1. The van der Waals surface area contributed by atoms with Crippen LogP contribution in [0.5, 0.6) is 0 Å². The van der Waals surface area contributed by atoms with Crippen LogP contribution in [0.15, 0.2) is 24.3 Å². The van der Waals surface area contributed by atoms with E-state index in [0.29, 0.717) is 25.2 Å². The molecule has 2 rings (SSSR count). The van der Waals surface area contributed by atoms with E-state index in [1.165, 1.54) is 22.8 Å². The van der Waals surface area contributed by atoms with Crippen molar-refractivity contribution in [3.8, 4) is 0 Å². The molecule has 2 N–H and O–H groups in total. The SMILES string of the molecule is CC1CCCCC1OCC(O)CNc1cccc(I)c1. The highest BCUT2D eigenvalue weighted by molar-refractivity contribution is 14.1. The van der Waals surface area contributed by atoms with Gasteiger partial charge in [0.05, 0.1) is 18.8 Å². The molecule has 0 saturated heterocycles. The van der Waals surface area contributed by atoms with Crippen LogP contribution < -0.4 is 5.32 Å². The van der Waals surface area contributed by atoms with Crippen molar-refractivity contribution in [2.45, 2.75) is 44.8 Å². The van der Waals surface area contributed by atoms with Gasteiger partial charge in [0.15, 0.2) is 0 Å². The third-order valence-electron chi connectivity index (χ3n) is 3.90. The largest absolute Gasteiger partial charge is 0.389 e. The molecule has 1 aromatic rings. The molecule has 20 heavy (non-hydrogen) atoms. The van der Waals surface area contributed by atoms with E-state index in [2.05, 4.69) is 47.0 Å². The van der Waals surface area contributed by atoms with E-state index in [-0.39, 0.29) is 0 Å². The third-order valence-corrected chi connectivity index (χ3v) is 4.57. The number of hydrogen-bond donors (Lipinski definition) is 2. The Morgan fingerprint density at radius 1 is 1.40 bits per heavy atom. The summed E-state index contributed by atoms with van der Waals surface area (Å²) in [5.74, 6) is 0.625. The molecule has 3 unspecified atom stereocenters. The molecule has 1 saturated carbocycles.